The fourth-order valence-corrected chi connectivity index (χ4v) is 3.27. The summed E-state index contributed by atoms with van der Waals surface area (Å²) < 4.78 is 22.5. The maximum absolute atomic E-state index is 11.2. The minimum absolute atomic E-state index is 0.0140. The van der Waals surface area contributed by atoms with Gasteiger partial charge in [-0.2, -0.15) is 0 Å². The first-order valence-electron chi connectivity index (χ1n) is 6.02. The highest BCUT2D eigenvalue weighted by Crippen LogP contribution is 2.29. The van der Waals surface area contributed by atoms with Crippen LogP contribution in [0.5, 0.6) is 0 Å². The lowest BCUT2D eigenvalue weighted by molar-refractivity contribution is 0.598. The number of nitrogens with one attached hydrogen (secondary N) is 1. The predicted octanol–water partition coefficient (Wildman–Crippen LogP) is 2.46. The van der Waals surface area contributed by atoms with Crippen molar-refractivity contribution in [1.29, 1.82) is 0 Å². The van der Waals surface area contributed by atoms with Crippen LogP contribution in [0.3, 0.4) is 0 Å². The van der Waals surface area contributed by atoms with Crippen LogP contribution in [-0.4, -0.2) is 8.42 Å². The maximum Gasteiger partial charge on any atom is 0.238 e. The summed E-state index contributed by atoms with van der Waals surface area (Å²) in [5, 5.41) is 8.34. The number of hydrogen-bond donors (Lipinski definition) is 3. The maximum atomic E-state index is 11.2. The number of aryl methyl sites for hydroxylation is 1. The minimum atomic E-state index is -3.73. The Morgan fingerprint density at radius 3 is 2.45 bits per heavy atom. The van der Waals surface area contributed by atoms with Gasteiger partial charge in [-0.15, -0.1) is 11.3 Å². The third-order valence-electron chi connectivity index (χ3n) is 2.91. The van der Waals surface area contributed by atoms with Crippen molar-refractivity contribution < 1.29 is 8.42 Å². The van der Waals surface area contributed by atoms with Crippen LogP contribution in [0.25, 0.3) is 0 Å². The molecule has 0 radical (unpaired) electrons. The number of nitrogen functional groups attached to an aromatic ring is 1. The van der Waals surface area contributed by atoms with Crippen molar-refractivity contribution in [2.45, 2.75) is 24.8 Å². The Morgan fingerprint density at radius 2 is 1.95 bits per heavy atom. The van der Waals surface area contributed by atoms with E-state index >= 15 is 0 Å². The molecule has 1 atom stereocenters. The standard InChI is InChI=1S/C13H17N3O2S2/c1-8-3-6-13(19-8)9(2)16-12-5-4-10(7-11(12)14)20(15,17)18/h3-7,9,16H,14H2,1-2H3,(H2,15,17,18). The van der Waals surface area contributed by atoms with E-state index in [-0.39, 0.29) is 10.9 Å². The van der Waals surface area contributed by atoms with Gasteiger partial charge in [0.1, 0.15) is 0 Å². The average Bonchev–Trinajstić information content (AvgIpc) is 2.77. The summed E-state index contributed by atoms with van der Waals surface area (Å²) in [5.41, 5.74) is 6.92. The highest BCUT2D eigenvalue weighted by Gasteiger charge is 2.12. The van der Waals surface area contributed by atoms with Crippen molar-refractivity contribution in [2.75, 3.05) is 11.1 Å². The second kappa shape index (κ2) is 5.43. The van der Waals surface area contributed by atoms with Crippen molar-refractivity contribution in [1.82, 2.24) is 0 Å². The smallest absolute Gasteiger partial charge is 0.238 e. The molecular formula is C13H17N3O2S2. The molecule has 1 unspecified atom stereocenters. The van der Waals surface area contributed by atoms with Crippen molar-refractivity contribution in [3.63, 3.8) is 0 Å². The van der Waals surface area contributed by atoms with Crippen LogP contribution < -0.4 is 16.2 Å². The molecule has 2 rings (SSSR count). The highest BCUT2D eigenvalue weighted by molar-refractivity contribution is 7.89. The molecule has 5 N–H and O–H groups in total. The number of nitrogens with two attached hydrogens (primary N) is 2. The summed E-state index contributed by atoms with van der Waals surface area (Å²) in [6.45, 7) is 4.08. The molecule has 0 saturated heterocycles. The average molecular weight is 311 g/mol. The largest absolute Gasteiger partial charge is 0.397 e. The molecule has 1 heterocycles. The summed E-state index contributed by atoms with van der Waals surface area (Å²) >= 11 is 1.71. The van der Waals surface area contributed by atoms with Crippen molar-refractivity contribution in [3.05, 3.63) is 40.1 Å². The molecule has 1 aromatic carbocycles. The molecule has 2 aromatic rings. The Labute approximate surface area is 122 Å². The molecule has 7 heteroatoms. The van der Waals surface area contributed by atoms with E-state index in [2.05, 4.69) is 24.4 Å². The van der Waals surface area contributed by atoms with E-state index in [1.54, 1.807) is 17.4 Å². The zero-order valence-electron chi connectivity index (χ0n) is 11.3. The van der Waals surface area contributed by atoms with Gasteiger partial charge in [-0.3, -0.25) is 0 Å². The molecular weight excluding hydrogens is 294 g/mol. The van der Waals surface area contributed by atoms with Gasteiger partial charge < -0.3 is 11.1 Å². The molecule has 0 aliphatic heterocycles. The Balaban J connectivity index is 2.22. The van der Waals surface area contributed by atoms with E-state index in [9.17, 15) is 8.42 Å². The first-order chi connectivity index (χ1) is 9.27. The molecule has 0 aliphatic rings. The van der Waals surface area contributed by atoms with Gasteiger partial charge in [0.25, 0.3) is 0 Å². The fraction of sp³-hybridized carbons (Fsp3) is 0.231. The lowest BCUT2D eigenvalue weighted by Gasteiger charge is -2.16. The number of rotatable bonds is 4. The summed E-state index contributed by atoms with van der Waals surface area (Å²) in [6, 6.07) is 8.66. The summed E-state index contributed by atoms with van der Waals surface area (Å²) in [5.74, 6) is 0. The quantitative estimate of drug-likeness (QED) is 0.755. The number of thiophene rings is 1. The van der Waals surface area contributed by atoms with Gasteiger partial charge in [-0.1, -0.05) is 0 Å². The van der Waals surface area contributed by atoms with Crippen LogP contribution in [0.15, 0.2) is 35.2 Å². The van der Waals surface area contributed by atoms with Gasteiger partial charge in [0.2, 0.25) is 10.0 Å². The predicted molar refractivity (Wildman–Crippen MR) is 83.3 cm³/mol. The second-order valence-corrected chi connectivity index (χ2v) is 7.49. The number of hydrogen-bond acceptors (Lipinski definition) is 5. The van der Waals surface area contributed by atoms with Crippen LogP contribution in [0.4, 0.5) is 11.4 Å². The molecule has 108 valence electrons. The molecule has 0 bridgehead atoms. The topological polar surface area (TPSA) is 98.2 Å². The van der Waals surface area contributed by atoms with Crippen molar-refractivity contribution in [3.8, 4) is 0 Å². The molecule has 0 aliphatic carbocycles. The van der Waals surface area contributed by atoms with Crippen LogP contribution in [0.1, 0.15) is 22.7 Å². The monoisotopic (exact) mass is 311 g/mol. The third kappa shape index (κ3) is 3.30. The Bertz CT molecular complexity index is 723. The molecule has 0 fully saturated rings. The first-order valence-corrected chi connectivity index (χ1v) is 8.39. The van der Waals surface area contributed by atoms with Crippen molar-refractivity contribution in [2.24, 2.45) is 5.14 Å². The Morgan fingerprint density at radius 1 is 1.25 bits per heavy atom. The molecule has 5 nitrogen and oxygen atoms in total. The van der Waals surface area contributed by atoms with E-state index in [1.165, 1.54) is 21.9 Å². The second-order valence-electron chi connectivity index (χ2n) is 4.61. The van der Waals surface area contributed by atoms with Gasteiger partial charge in [-0.25, -0.2) is 13.6 Å². The zero-order chi connectivity index (χ0) is 14.9. The summed E-state index contributed by atoms with van der Waals surface area (Å²) in [7, 11) is -3.73. The SMILES string of the molecule is Cc1ccc(C(C)Nc2ccc(S(N)(=O)=O)cc2N)s1. The van der Waals surface area contributed by atoms with E-state index in [0.717, 1.165) is 0 Å². The molecule has 0 saturated carbocycles. The minimum Gasteiger partial charge on any atom is -0.397 e. The number of benzene rings is 1. The number of anilines is 2. The summed E-state index contributed by atoms with van der Waals surface area (Å²) in [4.78, 5) is 2.45. The molecule has 0 spiro atoms. The van der Waals surface area contributed by atoms with Gasteiger partial charge >= 0.3 is 0 Å². The zero-order valence-corrected chi connectivity index (χ0v) is 12.9. The number of primary sulfonamides is 1. The van der Waals surface area contributed by atoms with E-state index in [4.69, 9.17) is 10.9 Å². The van der Waals surface area contributed by atoms with Gasteiger partial charge in [0, 0.05) is 9.75 Å². The van der Waals surface area contributed by atoms with Crippen molar-refractivity contribution >= 4 is 32.7 Å². The van der Waals surface area contributed by atoms with Crippen LogP contribution in [-0.2, 0) is 10.0 Å². The van der Waals surface area contributed by atoms with Gasteiger partial charge in [-0.05, 0) is 44.2 Å². The van der Waals surface area contributed by atoms with Gasteiger partial charge in [0.05, 0.1) is 22.3 Å². The fourth-order valence-electron chi connectivity index (χ4n) is 1.84. The first kappa shape index (κ1) is 14.8. The van der Waals surface area contributed by atoms with Crippen LogP contribution >= 0.6 is 11.3 Å². The van der Waals surface area contributed by atoms with Crippen LogP contribution in [0, 0.1) is 6.92 Å². The van der Waals surface area contributed by atoms with E-state index < -0.39 is 10.0 Å². The summed E-state index contributed by atoms with van der Waals surface area (Å²) in [6.07, 6.45) is 0. The van der Waals surface area contributed by atoms with Crippen LogP contribution in [0.2, 0.25) is 0 Å². The molecule has 1 aromatic heterocycles. The lowest BCUT2D eigenvalue weighted by atomic mass is 10.2. The normalized spacial score (nSPS) is 13.2. The van der Waals surface area contributed by atoms with Gasteiger partial charge in [0.15, 0.2) is 0 Å². The van der Waals surface area contributed by atoms with E-state index in [1.807, 2.05) is 6.92 Å². The third-order valence-corrected chi connectivity index (χ3v) is 5.01. The molecule has 20 heavy (non-hydrogen) atoms. The highest BCUT2D eigenvalue weighted by atomic mass is 32.2. The number of sulfonamides is 1. The Kier molecular flexibility index (Phi) is 4.03. The lowest BCUT2D eigenvalue weighted by Crippen LogP contribution is -2.13. The Hall–Kier alpha value is -1.57. The molecule has 0 amide bonds. The van der Waals surface area contributed by atoms with E-state index in [0.29, 0.717) is 11.4 Å².